The zero-order chi connectivity index (χ0) is 19.8. The zero-order valence-electron chi connectivity index (χ0n) is 16.0. The molecule has 2 saturated heterocycles. The van der Waals surface area contributed by atoms with Crippen LogP contribution in [0.2, 0.25) is 0 Å². The quantitative estimate of drug-likeness (QED) is 0.466. The maximum atomic E-state index is 12.9. The van der Waals surface area contributed by atoms with E-state index in [9.17, 15) is 13.2 Å². The van der Waals surface area contributed by atoms with E-state index in [0.29, 0.717) is 38.3 Å². The Kier molecular flexibility index (Phi) is 8.52. The van der Waals surface area contributed by atoms with Crippen LogP contribution >= 0.6 is 21.6 Å². The number of amides is 1. The molecule has 0 bridgehead atoms. The topological polar surface area (TPSA) is 75.7 Å². The molecule has 1 atom stereocenters. The van der Waals surface area contributed by atoms with Gasteiger partial charge in [-0.05, 0) is 30.9 Å². The summed E-state index contributed by atoms with van der Waals surface area (Å²) < 4.78 is 32.6. The molecule has 0 radical (unpaired) electrons. The van der Waals surface area contributed by atoms with E-state index in [0.717, 1.165) is 18.1 Å². The lowest BCUT2D eigenvalue weighted by atomic mass is 10.1. The number of carbonyl (C=O) groups excluding carboxylic acids is 1. The Morgan fingerprint density at radius 3 is 2.75 bits per heavy atom. The summed E-state index contributed by atoms with van der Waals surface area (Å²) in [4.78, 5) is 12.4. The van der Waals surface area contributed by atoms with Gasteiger partial charge in [-0.2, -0.15) is 4.31 Å². The molecule has 0 aliphatic carbocycles. The van der Waals surface area contributed by atoms with Gasteiger partial charge < -0.3 is 10.1 Å². The number of nitrogens with one attached hydrogen (secondary N) is 1. The van der Waals surface area contributed by atoms with E-state index < -0.39 is 10.0 Å². The Balaban J connectivity index is 1.49. The fraction of sp³-hybridized carbons (Fsp3) is 0.632. The first-order valence-electron chi connectivity index (χ1n) is 9.78. The number of morpholine rings is 1. The standard InChI is InChI=1S/C19H28N2O4S3/c22-19(8-4-2-6-17-9-14-26-27-17)20-15-16-5-1-3-7-18(16)28(23,24)21-10-12-25-13-11-21/h1,3,5,7,17H,2,4,6,8-15H2,(H,20,22). The number of hydrogen-bond donors (Lipinski definition) is 1. The molecule has 1 unspecified atom stereocenters. The molecule has 2 heterocycles. The van der Waals surface area contributed by atoms with Gasteiger partial charge in [0.05, 0.1) is 18.1 Å². The average molecular weight is 445 g/mol. The highest BCUT2D eigenvalue weighted by Gasteiger charge is 2.28. The lowest BCUT2D eigenvalue weighted by molar-refractivity contribution is -0.121. The third-order valence-electron chi connectivity index (χ3n) is 4.94. The van der Waals surface area contributed by atoms with Crippen molar-refractivity contribution >= 4 is 37.5 Å². The Bertz CT molecular complexity index is 745. The van der Waals surface area contributed by atoms with Gasteiger partial charge >= 0.3 is 0 Å². The van der Waals surface area contributed by atoms with Crippen molar-refractivity contribution in [3.63, 3.8) is 0 Å². The fourth-order valence-electron chi connectivity index (χ4n) is 3.33. The smallest absolute Gasteiger partial charge is 0.243 e. The molecule has 0 aromatic heterocycles. The summed E-state index contributed by atoms with van der Waals surface area (Å²) in [5.74, 6) is 1.22. The summed E-state index contributed by atoms with van der Waals surface area (Å²) >= 11 is 0. The number of carbonyl (C=O) groups is 1. The van der Waals surface area contributed by atoms with Gasteiger partial charge in [0.15, 0.2) is 0 Å². The third kappa shape index (κ3) is 6.13. The molecular formula is C19H28N2O4S3. The minimum absolute atomic E-state index is 0.0213. The van der Waals surface area contributed by atoms with Crippen LogP contribution in [0.15, 0.2) is 29.2 Å². The summed E-state index contributed by atoms with van der Waals surface area (Å²) in [6, 6.07) is 6.90. The van der Waals surface area contributed by atoms with E-state index in [4.69, 9.17) is 4.74 Å². The lowest BCUT2D eigenvalue weighted by Gasteiger charge is -2.27. The van der Waals surface area contributed by atoms with Crippen LogP contribution in [0.25, 0.3) is 0 Å². The predicted octanol–water partition coefficient (Wildman–Crippen LogP) is 3.04. The second-order valence-electron chi connectivity index (χ2n) is 6.98. The highest BCUT2D eigenvalue weighted by molar-refractivity contribution is 8.77. The van der Waals surface area contributed by atoms with Crippen molar-refractivity contribution in [2.75, 3.05) is 32.1 Å². The van der Waals surface area contributed by atoms with E-state index in [1.807, 2.05) is 21.6 Å². The van der Waals surface area contributed by atoms with Crippen molar-refractivity contribution in [3.8, 4) is 0 Å². The molecular weight excluding hydrogens is 416 g/mol. The van der Waals surface area contributed by atoms with Crippen molar-refractivity contribution < 1.29 is 17.9 Å². The van der Waals surface area contributed by atoms with Crippen LogP contribution in [0.5, 0.6) is 0 Å². The number of nitrogens with zero attached hydrogens (tertiary/aromatic N) is 1. The van der Waals surface area contributed by atoms with E-state index in [-0.39, 0.29) is 17.3 Å². The summed E-state index contributed by atoms with van der Waals surface area (Å²) in [7, 11) is 0.342. The maximum absolute atomic E-state index is 12.9. The number of unbranched alkanes of at least 4 members (excludes halogenated alkanes) is 1. The van der Waals surface area contributed by atoms with E-state index in [1.165, 1.54) is 22.9 Å². The Hall–Kier alpha value is -0.740. The van der Waals surface area contributed by atoms with E-state index in [1.54, 1.807) is 24.3 Å². The molecule has 28 heavy (non-hydrogen) atoms. The highest BCUT2D eigenvalue weighted by Crippen LogP contribution is 2.39. The molecule has 1 aromatic rings. The largest absolute Gasteiger partial charge is 0.379 e. The first-order chi connectivity index (χ1) is 13.6. The summed E-state index contributed by atoms with van der Waals surface area (Å²) in [5.41, 5.74) is 0.627. The van der Waals surface area contributed by atoms with Crippen molar-refractivity contribution in [1.29, 1.82) is 0 Å². The van der Waals surface area contributed by atoms with Gasteiger partial charge in [-0.3, -0.25) is 4.79 Å². The van der Waals surface area contributed by atoms with Crippen LogP contribution < -0.4 is 5.32 Å². The van der Waals surface area contributed by atoms with Crippen LogP contribution in [0.1, 0.15) is 37.7 Å². The van der Waals surface area contributed by atoms with Gasteiger partial charge in [0.1, 0.15) is 0 Å². The SMILES string of the molecule is O=C(CCCCC1CCSS1)NCc1ccccc1S(=O)(=O)N1CCOCC1. The first kappa shape index (κ1) is 22.0. The molecule has 2 aliphatic rings. The molecule has 0 saturated carbocycles. The second kappa shape index (κ2) is 10.9. The van der Waals surface area contributed by atoms with Gasteiger partial charge in [0.2, 0.25) is 15.9 Å². The van der Waals surface area contributed by atoms with Crippen molar-refractivity contribution in [2.24, 2.45) is 0 Å². The van der Waals surface area contributed by atoms with Crippen LogP contribution in [0.3, 0.4) is 0 Å². The molecule has 1 amide bonds. The van der Waals surface area contributed by atoms with Crippen LogP contribution in [0.4, 0.5) is 0 Å². The van der Waals surface area contributed by atoms with Gasteiger partial charge in [-0.15, -0.1) is 0 Å². The van der Waals surface area contributed by atoms with E-state index >= 15 is 0 Å². The number of rotatable bonds is 9. The normalized spacial score (nSPS) is 20.9. The minimum Gasteiger partial charge on any atom is -0.379 e. The second-order valence-corrected chi connectivity index (χ2v) is 11.7. The summed E-state index contributed by atoms with van der Waals surface area (Å²) in [6.07, 6.45) is 4.87. The van der Waals surface area contributed by atoms with Crippen molar-refractivity contribution in [1.82, 2.24) is 9.62 Å². The van der Waals surface area contributed by atoms with Gasteiger partial charge in [-0.1, -0.05) is 46.2 Å². The van der Waals surface area contributed by atoms with Crippen LogP contribution in [0, 0.1) is 0 Å². The molecule has 0 spiro atoms. The number of hydrogen-bond acceptors (Lipinski definition) is 6. The Morgan fingerprint density at radius 1 is 1.21 bits per heavy atom. The molecule has 3 rings (SSSR count). The first-order valence-corrected chi connectivity index (χ1v) is 13.6. The van der Waals surface area contributed by atoms with E-state index in [2.05, 4.69) is 5.32 Å². The highest BCUT2D eigenvalue weighted by atomic mass is 33.1. The summed E-state index contributed by atoms with van der Waals surface area (Å²) in [5, 5.41) is 3.63. The minimum atomic E-state index is -3.57. The monoisotopic (exact) mass is 444 g/mol. The Morgan fingerprint density at radius 2 is 2.00 bits per heavy atom. The van der Waals surface area contributed by atoms with Gasteiger partial charge in [-0.25, -0.2) is 8.42 Å². The molecule has 2 aliphatic heterocycles. The lowest BCUT2D eigenvalue weighted by Crippen LogP contribution is -2.41. The summed E-state index contributed by atoms with van der Waals surface area (Å²) in [6.45, 7) is 1.78. The number of ether oxygens (including phenoxy) is 1. The van der Waals surface area contributed by atoms with Crippen LogP contribution in [-0.2, 0) is 26.1 Å². The Labute approximate surface area is 175 Å². The number of sulfonamides is 1. The third-order valence-corrected chi connectivity index (χ3v) is 9.95. The zero-order valence-corrected chi connectivity index (χ0v) is 18.4. The molecule has 2 fully saturated rings. The van der Waals surface area contributed by atoms with Gasteiger partial charge in [0.25, 0.3) is 0 Å². The van der Waals surface area contributed by atoms with Gasteiger partial charge in [0, 0.05) is 37.1 Å². The van der Waals surface area contributed by atoms with Crippen LogP contribution in [-0.4, -0.2) is 55.9 Å². The molecule has 1 N–H and O–H groups in total. The molecule has 9 heteroatoms. The molecule has 6 nitrogen and oxygen atoms in total. The fourth-order valence-corrected chi connectivity index (χ4v) is 7.99. The van der Waals surface area contributed by atoms with Crippen molar-refractivity contribution in [3.05, 3.63) is 29.8 Å². The molecule has 156 valence electrons. The average Bonchev–Trinajstić information content (AvgIpc) is 3.24. The predicted molar refractivity (Wildman–Crippen MR) is 115 cm³/mol. The van der Waals surface area contributed by atoms with Crippen molar-refractivity contribution in [2.45, 2.75) is 48.8 Å². The number of benzene rings is 1. The molecule has 1 aromatic carbocycles. The maximum Gasteiger partial charge on any atom is 0.243 e.